The van der Waals surface area contributed by atoms with Crippen molar-refractivity contribution in [1.29, 1.82) is 0 Å². The Morgan fingerprint density at radius 3 is 2.52 bits per heavy atom. The lowest BCUT2D eigenvalue weighted by molar-refractivity contribution is -0.116. The maximum Gasteiger partial charge on any atom is 0.332 e. The summed E-state index contributed by atoms with van der Waals surface area (Å²) in [5, 5.41) is 10.3. The molecule has 29 heavy (non-hydrogen) atoms. The van der Waals surface area contributed by atoms with Gasteiger partial charge in [0, 0.05) is 20.5 Å². The summed E-state index contributed by atoms with van der Waals surface area (Å²) in [7, 11) is 2.95. The van der Waals surface area contributed by atoms with Crippen LogP contribution in [0.1, 0.15) is 18.9 Å². The molecular weight excluding hydrogens is 376 g/mol. The van der Waals surface area contributed by atoms with Crippen molar-refractivity contribution < 1.29 is 14.6 Å². The molecule has 0 bridgehead atoms. The van der Waals surface area contributed by atoms with Crippen molar-refractivity contribution in [1.82, 2.24) is 18.7 Å². The monoisotopic (exact) mass is 400 g/mol. The SMILES string of the molecule is CC(=O)CCc1ccc(OCC(O)Cn2cnc3c2c(=O)n(C)c(=O)n3C)cc1. The van der Waals surface area contributed by atoms with Crippen LogP contribution in [-0.2, 0) is 31.9 Å². The Labute approximate surface area is 166 Å². The molecule has 1 atom stereocenters. The van der Waals surface area contributed by atoms with Gasteiger partial charge in [0.05, 0.1) is 12.9 Å². The highest BCUT2D eigenvalue weighted by atomic mass is 16.5. The van der Waals surface area contributed by atoms with E-state index in [4.69, 9.17) is 4.74 Å². The third kappa shape index (κ3) is 4.45. The Balaban J connectivity index is 1.66. The number of benzene rings is 1. The van der Waals surface area contributed by atoms with Crippen LogP contribution in [0.2, 0.25) is 0 Å². The summed E-state index contributed by atoms with van der Waals surface area (Å²) < 4.78 is 9.45. The second-order valence-corrected chi connectivity index (χ2v) is 7.09. The first kappa shape index (κ1) is 20.5. The fourth-order valence-electron chi connectivity index (χ4n) is 3.08. The quantitative estimate of drug-likeness (QED) is 0.586. The zero-order chi connectivity index (χ0) is 21.1. The van der Waals surface area contributed by atoms with Crippen LogP contribution in [0.25, 0.3) is 11.2 Å². The van der Waals surface area contributed by atoms with Crippen LogP contribution in [0.3, 0.4) is 0 Å². The number of carbonyl (C=O) groups excluding carboxylic acids is 1. The number of aliphatic hydroxyl groups is 1. The third-order valence-electron chi connectivity index (χ3n) is 4.76. The zero-order valence-electron chi connectivity index (χ0n) is 16.7. The van der Waals surface area contributed by atoms with Crippen LogP contribution in [0.4, 0.5) is 0 Å². The van der Waals surface area contributed by atoms with Gasteiger partial charge in [0.1, 0.15) is 24.2 Å². The van der Waals surface area contributed by atoms with E-state index in [9.17, 15) is 19.5 Å². The number of hydrogen-bond donors (Lipinski definition) is 1. The first-order valence-corrected chi connectivity index (χ1v) is 9.28. The predicted octanol–water partition coefficient (Wildman–Crippen LogP) is 0.395. The van der Waals surface area contributed by atoms with Gasteiger partial charge in [0.15, 0.2) is 11.2 Å². The van der Waals surface area contributed by atoms with E-state index in [1.165, 1.54) is 22.5 Å². The second-order valence-electron chi connectivity index (χ2n) is 7.09. The number of nitrogens with zero attached hydrogens (tertiary/aromatic N) is 4. The molecule has 0 fully saturated rings. The molecule has 0 aliphatic carbocycles. The van der Waals surface area contributed by atoms with Crippen LogP contribution in [0, 0.1) is 0 Å². The summed E-state index contributed by atoms with van der Waals surface area (Å²) in [6.45, 7) is 1.69. The molecule has 0 aliphatic heterocycles. The number of carbonyl (C=O) groups is 1. The van der Waals surface area contributed by atoms with Gasteiger partial charge in [-0.3, -0.25) is 13.9 Å². The molecule has 9 nitrogen and oxygen atoms in total. The minimum Gasteiger partial charge on any atom is -0.491 e. The lowest BCUT2D eigenvalue weighted by atomic mass is 10.1. The van der Waals surface area contributed by atoms with E-state index in [0.29, 0.717) is 18.6 Å². The van der Waals surface area contributed by atoms with E-state index in [1.54, 1.807) is 26.1 Å². The number of imidazole rings is 1. The van der Waals surface area contributed by atoms with Crippen molar-refractivity contribution in [3.63, 3.8) is 0 Å². The molecule has 1 unspecified atom stereocenters. The Kier molecular flexibility index (Phi) is 5.97. The zero-order valence-corrected chi connectivity index (χ0v) is 16.7. The molecule has 0 spiro atoms. The molecular formula is C20H24N4O5. The van der Waals surface area contributed by atoms with Crippen molar-refractivity contribution in [2.24, 2.45) is 14.1 Å². The average molecular weight is 400 g/mol. The molecule has 1 N–H and O–H groups in total. The summed E-state index contributed by atoms with van der Waals surface area (Å²) in [6, 6.07) is 7.36. The molecule has 3 aromatic rings. The van der Waals surface area contributed by atoms with Crippen molar-refractivity contribution in [3.05, 3.63) is 57.0 Å². The summed E-state index contributed by atoms with van der Waals surface area (Å²) in [6.07, 6.45) is 1.73. The summed E-state index contributed by atoms with van der Waals surface area (Å²) >= 11 is 0. The van der Waals surface area contributed by atoms with E-state index in [-0.39, 0.29) is 30.1 Å². The fourth-order valence-corrected chi connectivity index (χ4v) is 3.08. The maximum absolute atomic E-state index is 12.4. The number of fused-ring (bicyclic) bond motifs is 1. The van der Waals surface area contributed by atoms with Gasteiger partial charge in [0.25, 0.3) is 5.56 Å². The van der Waals surface area contributed by atoms with Gasteiger partial charge in [-0.2, -0.15) is 0 Å². The van der Waals surface area contributed by atoms with Crippen molar-refractivity contribution in [2.75, 3.05) is 6.61 Å². The first-order chi connectivity index (χ1) is 13.8. The van der Waals surface area contributed by atoms with Crippen molar-refractivity contribution in [3.8, 4) is 5.75 Å². The lowest BCUT2D eigenvalue weighted by Crippen LogP contribution is -2.38. The fraction of sp³-hybridized carbons (Fsp3) is 0.400. The summed E-state index contributed by atoms with van der Waals surface area (Å²) in [4.78, 5) is 39.6. The third-order valence-corrected chi connectivity index (χ3v) is 4.76. The molecule has 3 rings (SSSR count). The van der Waals surface area contributed by atoms with Gasteiger partial charge in [-0.1, -0.05) is 12.1 Å². The van der Waals surface area contributed by atoms with Gasteiger partial charge in [0.2, 0.25) is 0 Å². The number of rotatable bonds is 8. The molecule has 154 valence electrons. The van der Waals surface area contributed by atoms with E-state index < -0.39 is 17.4 Å². The molecule has 0 saturated carbocycles. The number of hydrogen-bond acceptors (Lipinski definition) is 6. The number of aryl methyl sites for hydroxylation is 2. The minimum atomic E-state index is -0.883. The first-order valence-electron chi connectivity index (χ1n) is 9.28. The van der Waals surface area contributed by atoms with E-state index in [0.717, 1.165) is 10.1 Å². The number of Topliss-reactive ketones (excluding diaryl/α,β-unsaturated/α-hetero) is 1. The summed E-state index contributed by atoms with van der Waals surface area (Å²) in [5.41, 5.74) is 0.647. The number of aliphatic hydroxyl groups excluding tert-OH is 1. The molecule has 0 radical (unpaired) electrons. The van der Waals surface area contributed by atoms with Crippen molar-refractivity contribution in [2.45, 2.75) is 32.4 Å². The van der Waals surface area contributed by atoms with Gasteiger partial charge in [-0.15, -0.1) is 0 Å². The normalized spacial score (nSPS) is 12.3. The molecule has 0 aliphatic rings. The highest BCUT2D eigenvalue weighted by Gasteiger charge is 2.16. The Bertz CT molecular complexity index is 1140. The van der Waals surface area contributed by atoms with E-state index in [2.05, 4.69) is 4.98 Å². The molecule has 0 saturated heterocycles. The Morgan fingerprint density at radius 2 is 1.86 bits per heavy atom. The van der Waals surface area contributed by atoms with Crippen LogP contribution >= 0.6 is 0 Å². The lowest BCUT2D eigenvalue weighted by Gasteiger charge is -2.14. The molecule has 9 heteroatoms. The van der Waals surface area contributed by atoms with Crippen LogP contribution in [0.15, 0.2) is 40.2 Å². The van der Waals surface area contributed by atoms with Gasteiger partial charge >= 0.3 is 5.69 Å². The summed E-state index contributed by atoms with van der Waals surface area (Å²) in [5.74, 6) is 0.750. The van der Waals surface area contributed by atoms with E-state index >= 15 is 0 Å². The number of ether oxygens (including phenoxy) is 1. The highest BCUT2D eigenvalue weighted by molar-refractivity contribution is 5.75. The van der Waals surface area contributed by atoms with Crippen LogP contribution in [-0.4, -0.2) is 42.3 Å². The van der Waals surface area contributed by atoms with Crippen molar-refractivity contribution >= 4 is 16.9 Å². The highest BCUT2D eigenvalue weighted by Crippen LogP contribution is 2.14. The molecule has 1 aromatic carbocycles. The van der Waals surface area contributed by atoms with E-state index in [1.807, 2.05) is 12.1 Å². The minimum absolute atomic E-state index is 0.0263. The second kappa shape index (κ2) is 8.44. The Morgan fingerprint density at radius 1 is 1.17 bits per heavy atom. The Hall–Kier alpha value is -3.20. The molecule has 2 aromatic heterocycles. The van der Waals surface area contributed by atoms with Gasteiger partial charge < -0.3 is 19.2 Å². The van der Waals surface area contributed by atoms with Gasteiger partial charge in [-0.05, 0) is 31.0 Å². The van der Waals surface area contributed by atoms with Crippen LogP contribution < -0.4 is 16.0 Å². The largest absolute Gasteiger partial charge is 0.491 e. The standard InChI is InChI=1S/C20H24N4O5/c1-13(25)4-5-14-6-8-16(9-7-14)29-11-15(26)10-24-12-21-18-17(24)19(27)23(3)20(28)22(18)2/h6-9,12,15,26H,4-5,10-11H2,1-3H3. The number of aromatic nitrogens is 4. The average Bonchev–Trinajstić information content (AvgIpc) is 3.12. The van der Waals surface area contributed by atoms with Crippen LogP contribution in [0.5, 0.6) is 5.75 Å². The maximum atomic E-state index is 12.4. The smallest absolute Gasteiger partial charge is 0.332 e. The predicted molar refractivity (Wildman–Crippen MR) is 107 cm³/mol. The molecule has 0 amide bonds. The topological polar surface area (TPSA) is 108 Å². The molecule has 2 heterocycles. The van der Waals surface area contributed by atoms with Gasteiger partial charge in [-0.25, -0.2) is 9.78 Å². The number of ketones is 1.